The maximum absolute atomic E-state index is 13.3. The van der Waals surface area contributed by atoms with Crippen LogP contribution in [0, 0.1) is 5.82 Å². The van der Waals surface area contributed by atoms with Crippen molar-refractivity contribution in [3.8, 4) is 0 Å². The maximum atomic E-state index is 13.3. The number of sulfonamides is 1. The fourth-order valence-corrected chi connectivity index (χ4v) is 2.95. The van der Waals surface area contributed by atoms with Crippen molar-refractivity contribution in [2.75, 3.05) is 40.5 Å². The molecule has 0 radical (unpaired) electrons. The van der Waals surface area contributed by atoms with Gasteiger partial charge in [-0.3, -0.25) is 0 Å². The van der Waals surface area contributed by atoms with Gasteiger partial charge in [0.1, 0.15) is 5.82 Å². The standard InChI is InChI=1S/C13H21FN2O4S/c1-15-10-11-3-4-12(14)9-13(11)21(17,18)16-5-6-20-8-7-19-2/h3-4,9,15-16H,5-8,10H2,1-2H3. The molecule has 0 fully saturated rings. The molecule has 0 saturated carbocycles. The van der Waals surface area contributed by atoms with Crippen molar-refractivity contribution < 1.29 is 22.3 Å². The van der Waals surface area contributed by atoms with E-state index in [1.165, 1.54) is 12.1 Å². The highest BCUT2D eigenvalue weighted by molar-refractivity contribution is 7.89. The Balaban J connectivity index is 2.67. The van der Waals surface area contributed by atoms with Gasteiger partial charge in [0, 0.05) is 20.2 Å². The Labute approximate surface area is 124 Å². The minimum Gasteiger partial charge on any atom is -0.382 e. The average Bonchev–Trinajstić information content (AvgIpc) is 2.45. The van der Waals surface area contributed by atoms with Crippen LogP contribution in [-0.4, -0.2) is 48.9 Å². The van der Waals surface area contributed by atoms with Crippen LogP contribution in [0.3, 0.4) is 0 Å². The van der Waals surface area contributed by atoms with Crippen molar-refractivity contribution >= 4 is 10.0 Å². The first-order valence-corrected chi connectivity index (χ1v) is 7.99. The van der Waals surface area contributed by atoms with Crippen molar-refractivity contribution in [3.05, 3.63) is 29.6 Å². The molecule has 0 saturated heterocycles. The summed E-state index contributed by atoms with van der Waals surface area (Å²) in [6.45, 7) is 1.51. The maximum Gasteiger partial charge on any atom is 0.241 e. The van der Waals surface area contributed by atoms with Crippen LogP contribution in [-0.2, 0) is 26.0 Å². The van der Waals surface area contributed by atoms with E-state index in [0.29, 0.717) is 25.3 Å². The minimum absolute atomic E-state index is 0.0614. The van der Waals surface area contributed by atoms with E-state index in [0.717, 1.165) is 6.07 Å². The highest BCUT2D eigenvalue weighted by Gasteiger charge is 2.18. The lowest BCUT2D eigenvalue weighted by atomic mass is 10.2. The molecule has 120 valence electrons. The molecule has 6 nitrogen and oxygen atoms in total. The Morgan fingerprint density at radius 1 is 1.24 bits per heavy atom. The number of methoxy groups -OCH3 is 1. The number of rotatable bonds is 10. The molecule has 0 aliphatic heterocycles. The van der Waals surface area contributed by atoms with E-state index in [4.69, 9.17) is 9.47 Å². The first kappa shape index (κ1) is 18.0. The molecule has 2 N–H and O–H groups in total. The van der Waals surface area contributed by atoms with Gasteiger partial charge in [-0.1, -0.05) is 6.07 Å². The Morgan fingerprint density at radius 2 is 2.00 bits per heavy atom. The zero-order valence-corrected chi connectivity index (χ0v) is 13.0. The topological polar surface area (TPSA) is 76.7 Å². The second-order valence-electron chi connectivity index (χ2n) is 4.29. The molecule has 0 amide bonds. The summed E-state index contributed by atoms with van der Waals surface area (Å²) in [5.41, 5.74) is 0.506. The highest BCUT2D eigenvalue weighted by Crippen LogP contribution is 2.17. The van der Waals surface area contributed by atoms with Crippen LogP contribution >= 0.6 is 0 Å². The fourth-order valence-electron chi connectivity index (χ4n) is 1.69. The Hall–Kier alpha value is -1.06. The SMILES string of the molecule is CNCc1ccc(F)cc1S(=O)(=O)NCCOCCOC. The molecule has 1 aromatic rings. The third-order valence-electron chi connectivity index (χ3n) is 2.66. The molecular weight excluding hydrogens is 299 g/mol. The normalized spacial score (nSPS) is 11.8. The van der Waals surface area contributed by atoms with Gasteiger partial charge in [-0.15, -0.1) is 0 Å². The minimum atomic E-state index is -3.77. The van der Waals surface area contributed by atoms with Crippen molar-refractivity contribution in [1.29, 1.82) is 0 Å². The molecule has 0 spiro atoms. The largest absolute Gasteiger partial charge is 0.382 e. The van der Waals surface area contributed by atoms with Gasteiger partial charge in [0.05, 0.1) is 24.7 Å². The van der Waals surface area contributed by atoms with Crippen molar-refractivity contribution in [3.63, 3.8) is 0 Å². The number of ether oxygens (including phenoxy) is 2. The van der Waals surface area contributed by atoms with E-state index in [2.05, 4.69) is 10.0 Å². The molecule has 21 heavy (non-hydrogen) atoms. The summed E-state index contributed by atoms with van der Waals surface area (Å²) in [5, 5.41) is 2.85. The van der Waals surface area contributed by atoms with E-state index in [1.54, 1.807) is 14.2 Å². The summed E-state index contributed by atoms with van der Waals surface area (Å²) in [4.78, 5) is -0.0614. The third-order valence-corrected chi connectivity index (χ3v) is 4.20. The van der Waals surface area contributed by atoms with Crippen LogP contribution in [0.2, 0.25) is 0 Å². The summed E-state index contributed by atoms with van der Waals surface area (Å²) in [6, 6.07) is 3.70. The summed E-state index contributed by atoms with van der Waals surface area (Å²) in [6.07, 6.45) is 0. The zero-order valence-electron chi connectivity index (χ0n) is 12.2. The summed E-state index contributed by atoms with van der Waals surface area (Å²) >= 11 is 0. The van der Waals surface area contributed by atoms with E-state index in [-0.39, 0.29) is 18.0 Å². The van der Waals surface area contributed by atoms with Crippen LogP contribution in [0.4, 0.5) is 4.39 Å². The number of hydrogen-bond acceptors (Lipinski definition) is 5. The number of nitrogens with one attached hydrogen (secondary N) is 2. The summed E-state index contributed by atoms with van der Waals surface area (Å²) < 4.78 is 50.0. The lowest BCUT2D eigenvalue weighted by molar-refractivity contribution is 0.0736. The molecule has 0 bridgehead atoms. The van der Waals surface area contributed by atoms with Crippen molar-refractivity contribution in [2.24, 2.45) is 0 Å². The predicted molar refractivity (Wildman–Crippen MR) is 77.0 cm³/mol. The molecule has 0 heterocycles. The molecule has 0 atom stereocenters. The summed E-state index contributed by atoms with van der Waals surface area (Å²) in [7, 11) is -0.523. The molecule has 0 aliphatic rings. The lowest BCUT2D eigenvalue weighted by Crippen LogP contribution is -2.29. The fraction of sp³-hybridized carbons (Fsp3) is 0.538. The van der Waals surface area contributed by atoms with Gasteiger partial charge in [0.25, 0.3) is 0 Å². The number of hydrogen-bond donors (Lipinski definition) is 2. The van der Waals surface area contributed by atoms with Crippen LogP contribution in [0.25, 0.3) is 0 Å². The lowest BCUT2D eigenvalue weighted by Gasteiger charge is -2.11. The van der Waals surface area contributed by atoms with Gasteiger partial charge in [-0.25, -0.2) is 17.5 Å². The molecule has 0 aliphatic carbocycles. The van der Waals surface area contributed by atoms with E-state index >= 15 is 0 Å². The molecular formula is C13H21FN2O4S. The van der Waals surface area contributed by atoms with Gasteiger partial charge in [-0.2, -0.15) is 0 Å². The van der Waals surface area contributed by atoms with Gasteiger partial charge in [0.2, 0.25) is 10.0 Å². The Morgan fingerprint density at radius 3 is 2.67 bits per heavy atom. The van der Waals surface area contributed by atoms with E-state index in [1.807, 2.05) is 0 Å². The second-order valence-corrected chi connectivity index (χ2v) is 6.02. The summed E-state index contributed by atoms with van der Waals surface area (Å²) in [5.74, 6) is -0.591. The van der Waals surface area contributed by atoms with Crippen molar-refractivity contribution in [2.45, 2.75) is 11.4 Å². The molecule has 0 aromatic heterocycles. The van der Waals surface area contributed by atoms with Gasteiger partial charge in [0.15, 0.2) is 0 Å². The quantitative estimate of drug-likeness (QED) is 0.614. The smallest absolute Gasteiger partial charge is 0.241 e. The van der Waals surface area contributed by atoms with Crippen LogP contribution in [0.15, 0.2) is 23.1 Å². The first-order valence-electron chi connectivity index (χ1n) is 6.50. The van der Waals surface area contributed by atoms with Gasteiger partial charge >= 0.3 is 0 Å². The zero-order chi connectivity index (χ0) is 15.7. The molecule has 0 unspecified atom stereocenters. The predicted octanol–water partition coefficient (Wildman–Crippen LogP) is 0.486. The first-order chi connectivity index (χ1) is 10.0. The highest BCUT2D eigenvalue weighted by atomic mass is 32.2. The Bertz CT molecular complexity index is 537. The number of halogens is 1. The van der Waals surface area contributed by atoms with Crippen molar-refractivity contribution in [1.82, 2.24) is 10.0 Å². The third kappa shape index (κ3) is 6.06. The van der Waals surface area contributed by atoms with Crippen LogP contribution < -0.4 is 10.0 Å². The Kier molecular flexibility index (Phi) is 7.76. The molecule has 1 rings (SSSR count). The van der Waals surface area contributed by atoms with Gasteiger partial charge in [-0.05, 0) is 24.7 Å². The van der Waals surface area contributed by atoms with E-state index in [9.17, 15) is 12.8 Å². The number of benzene rings is 1. The second kappa shape index (κ2) is 9.06. The van der Waals surface area contributed by atoms with E-state index < -0.39 is 15.8 Å². The average molecular weight is 320 g/mol. The molecule has 8 heteroatoms. The monoisotopic (exact) mass is 320 g/mol. The van der Waals surface area contributed by atoms with Crippen LogP contribution in [0.1, 0.15) is 5.56 Å². The molecule has 1 aromatic carbocycles. The van der Waals surface area contributed by atoms with Crippen LogP contribution in [0.5, 0.6) is 0 Å². The van der Waals surface area contributed by atoms with Gasteiger partial charge < -0.3 is 14.8 Å².